The number of unbranched alkanes of at least 4 members (excludes halogenated alkanes) is 1. The monoisotopic (exact) mass is 744 g/mol. The van der Waals surface area contributed by atoms with Crippen molar-refractivity contribution >= 4 is 22.4 Å². The topological polar surface area (TPSA) is 90.9 Å². The van der Waals surface area contributed by atoms with Crippen molar-refractivity contribution in [2.24, 2.45) is 0 Å². The Balaban J connectivity index is 1.22. The lowest BCUT2D eigenvalue weighted by molar-refractivity contribution is 0.271. The van der Waals surface area contributed by atoms with Gasteiger partial charge in [0.1, 0.15) is 11.6 Å². The first kappa shape index (κ1) is 35.9. The largest absolute Gasteiger partial charge is 0.497 e. The Morgan fingerprint density at radius 2 is 1.40 bits per heavy atom. The van der Waals surface area contributed by atoms with Crippen molar-refractivity contribution in [3.63, 3.8) is 0 Å². The molecule has 1 unspecified atom stereocenters. The molecule has 0 aliphatic heterocycles. The Hall–Kier alpha value is -6.09. The molecule has 2 heterocycles. The Labute approximate surface area is 325 Å². The molecule has 8 aromatic rings. The maximum Gasteiger partial charge on any atom is 0.205 e. The van der Waals surface area contributed by atoms with Gasteiger partial charge in [-0.3, -0.25) is 0 Å². The molecule has 0 saturated heterocycles. The van der Waals surface area contributed by atoms with E-state index in [1.165, 1.54) is 0 Å². The summed E-state index contributed by atoms with van der Waals surface area (Å²) in [6.45, 7) is 2.55. The SMILES string of the molecule is CCCCc1nc(Cl)c(CO)n1Cc1ccc(-c2ccccc2-c2nnn(C(c3ccccc3)(c3ccc(OC)cc3)c3ccc4ccccc4c3)n2)cc1. The maximum atomic E-state index is 10.1. The third-order valence-corrected chi connectivity index (χ3v) is 10.7. The number of rotatable bonds is 13. The van der Waals surface area contributed by atoms with Gasteiger partial charge >= 0.3 is 0 Å². The molecule has 0 spiro atoms. The van der Waals surface area contributed by atoms with E-state index in [0.29, 0.717) is 23.2 Å². The zero-order valence-corrected chi connectivity index (χ0v) is 31.6. The molecular weight excluding hydrogens is 704 g/mol. The summed E-state index contributed by atoms with van der Waals surface area (Å²) in [5.41, 5.74) is 6.56. The lowest BCUT2D eigenvalue weighted by Crippen LogP contribution is -2.39. The molecule has 0 amide bonds. The lowest BCUT2D eigenvalue weighted by atomic mass is 9.77. The minimum absolute atomic E-state index is 0.165. The summed E-state index contributed by atoms with van der Waals surface area (Å²) >= 11 is 6.43. The second-order valence-electron chi connectivity index (χ2n) is 13.6. The molecule has 0 saturated carbocycles. The fourth-order valence-electron chi connectivity index (χ4n) is 7.51. The normalized spacial score (nSPS) is 12.5. The van der Waals surface area contributed by atoms with E-state index in [9.17, 15) is 5.11 Å². The minimum atomic E-state index is -0.973. The van der Waals surface area contributed by atoms with Crippen LogP contribution >= 0.6 is 11.6 Å². The fourth-order valence-corrected chi connectivity index (χ4v) is 7.77. The van der Waals surface area contributed by atoms with E-state index >= 15 is 0 Å². The smallest absolute Gasteiger partial charge is 0.205 e. The zero-order valence-electron chi connectivity index (χ0n) is 30.8. The van der Waals surface area contributed by atoms with Gasteiger partial charge in [0.25, 0.3) is 0 Å². The number of imidazole rings is 1. The number of nitrogens with zero attached hydrogens (tertiary/aromatic N) is 6. The number of aromatic nitrogens is 6. The number of hydrogen-bond acceptors (Lipinski definition) is 6. The van der Waals surface area contributed by atoms with Crippen LogP contribution in [-0.4, -0.2) is 42.0 Å². The van der Waals surface area contributed by atoms with Crippen molar-refractivity contribution in [2.75, 3.05) is 7.11 Å². The predicted molar refractivity (Wildman–Crippen MR) is 218 cm³/mol. The standard InChI is InChI=1S/C46H41ClN6O2/c1-3-4-18-43-48-44(47)42(31-54)52(43)30-32-19-21-34(22-20-32)40-16-10-11-17-41(40)45-49-51-53(50-45)46(36-14-6-5-7-15-36,37-25-27-39(55-2)28-26-37)38-24-23-33-12-8-9-13-35(33)29-38/h5-17,19-29,54H,3-4,18,30-31H2,1-2H3. The number of fused-ring (bicyclic) bond motifs is 1. The van der Waals surface area contributed by atoms with Crippen LogP contribution in [0.25, 0.3) is 33.3 Å². The summed E-state index contributed by atoms with van der Waals surface area (Å²) < 4.78 is 7.61. The fraction of sp³-hybridized carbons (Fsp3) is 0.174. The summed E-state index contributed by atoms with van der Waals surface area (Å²) in [4.78, 5) is 6.32. The number of aliphatic hydroxyl groups excluding tert-OH is 1. The van der Waals surface area contributed by atoms with Crippen LogP contribution in [0.3, 0.4) is 0 Å². The second-order valence-corrected chi connectivity index (χ2v) is 14.0. The van der Waals surface area contributed by atoms with Crippen molar-refractivity contribution in [2.45, 2.75) is 44.9 Å². The average Bonchev–Trinajstić information content (AvgIpc) is 3.85. The first-order valence-electron chi connectivity index (χ1n) is 18.6. The first-order chi connectivity index (χ1) is 27.0. The van der Waals surface area contributed by atoms with Crippen molar-refractivity contribution in [1.82, 2.24) is 29.8 Å². The van der Waals surface area contributed by atoms with Crippen molar-refractivity contribution < 1.29 is 9.84 Å². The number of aliphatic hydroxyl groups is 1. The number of ether oxygens (including phenoxy) is 1. The third kappa shape index (κ3) is 6.79. The van der Waals surface area contributed by atoms with Crippen LogP contribution in [0.5, 0.6) is 5.75 Å². The molecule has 9 heteroatoms. The van der Waals surface area contributed by atoms with E-state index in [1.54, 1.807) is 11.9 Å². The van der Waals surface area contributed by atoms with E-state index < -0.39 is 5.54 Å². The van der Waals surface area contributed by atoms with Gasteiger partial charge in [0, 0.05) is 18.5 Å². The van der Waals surface area contributed by atoms with Gasteiger partial charge in [0.15, 0.2) is 10.7 Å². The zero-order chi connectivity index (χ0) is 37.8. The van der Waals surface area contributed by atoms with Crippen molar-refractivity contribution in [3.05, 3.63) is 185 Å². The molecular formula is C46H41ClN6O2. The van der Waals surface area contributed by atoms with Crippen LogP contribution in [0.2, 0.25) is 5.15 Å². The molecule has 8 rings (SSSR count). The van der Waals surface area contributed by atoms with Crippen LogP contribution in [0, 0.1) is 0 Å². The third-order valence-electron chi connectivity index (χ3n) is 10.4. The molecule has 0 aliphatic rings. The van der Waals surface area contributed by atoms with Gasteiger partial charge in [-0.2, -0.15) is 0 Å². The highest BCUT2D eigenvalue weighted by Crippen LogP contribution is 2.42. The Kier molecular flexibility index (Phi) is 10.3. The average molecular weight is 745 g/mol. The van der Waals surface area contributed by atoms with E-state index in [4.69, 9.17) is 31.7 Å². The number of hydrogen-bond donors (Lipinski definition) is 1. The van der Waals surface area contributed by atoms with E-state index in [0.717, 1.165) is 80.6 Å². The van der Waals surface area contributed by atoms with Gasteiger partial charge in [-0.25, -0.2) is 4.98 Å². The summed E-state index contributed by atoms with van der Waals surface area (Å²) in [7, 11) is 1.67. The van der Waals surface area contributed by atoms with Gasteiger partial charge < -0.3 is 14.4 Å². The minimum Gasteiger partial charge on any atom is -0.497 e. The van der Waals surface area contributed by atoms with Crippen LogP contribution < -0.4 is 4.74 Å². The summed E-state index contributed by atoms with van der Waals surface area (Å²) in [6, 6.07) is 50.0. The van der Waals surface area contributed by atoms with Crippen LogP contribution in [-0.2, 0) is 25.1 Å². The van der Waals surface area contributed by atoms with Crippen LogP contribution in [0.1, 0.15) is 53.5 Å². The maximum absolute atomic E-state index is 10.1. The van der Waals surface area contributed by atoms with Crippen LogP contribution in [0.15, 0.2) is 146 Å². The molecule has 2 aromatic heterocycles. The first-order valence-corrected chi connectivity index (χ1v) is 18.9. The molecule has 0 radical (unpaired) electrons. The van der Waals surface area contributed by atoms with E-state index in [1.807, 2.05) is 53.1 Å². The number of halogens is 1. The van der Waals surface area contributed by atoms with Gasteiger partial charge in [0.05, 0.1) is 19.4 Å². The summed E-state index contributed by atoms with van der Waals surface area (Å²) in [5.74, 6) is 2.16. The number of aryl methyl sites for hydroxylation is 1. The number of benzene rings is 6. The molecule has 1 atom stereocenters. The number of methoxy groups -OCH3 is 1. The predicted octanol–water partition coefficient (Wildman–Crippen LogP) is 9.74. The molecule has 8 nitrogen and oxygen atoms in total. The van der Waals surface area contributed by atoms with E-state index in [2.05, 4.69) is 109 Å². The van der Waals surface area contributed by atoms with Crippen LogP contribution in [0.4, 0.5) is 0 Å². The quantitative estimate of drug-likeness (QED) is 0.118. The van der Waals surface area contributed by atoms with Gasteiger partial charge in [-0.1, -0.05) is 152 Å². The second kappa shape index (κ2) is 15.7. The van der Waals surface area contributed by atoms with Crippen molar-refractivity contribution in [3.8, 4) is 28.3 Å². The molecule has 55 heavy (non-hydrogen) atoms. The van der Waals surface area contributed by atoms with E-state index in [-0.39, 0.29) is 6.61 Å². The molecule has 0 bridgehead atoms. The Morgan fingerprint density at radius 1 is 0.727 bits per heavy atom. The lowest BCUT2D eigenvalue weighted by Gasteiger charge is -2.34. The Bertz CT molecular complexity index is 2550. The molecule has 0 aliphatic carbocycles. The summed E-state index contributed by atoms with van der Waals surface area (Å²) in [6.07, 6.45) is 2.86. The molecule has 274 valence electrons. The highest BCUT2D eigenvalue weighted by Gasteiger charge is 2.41. The molecule has 6 aromatic carbocycles. The highest BCUT2D eigenvalue weighted by atomic mass is 35.5. The van der Waals surface area contributed by atoms with Gasteiger partial charge in [-0.05, 0) is 74.0 Å². The van der Waals surface area contributed by atoms with Gasteiger partial charge in [0.2, 0.25) is 5.82 Å². The summed E-state index contributed by atoms with van der Waals surface area (Å²) in [5, 5.41) is 27.6. The van der Waals surface area contributed by atoms with Crippen molar-refractivity contribution in [1.29, 1.82) is 0 Å². The number of tetrazole rings is 1. The van der Waals surface area contributed by atoms with Gasteiger partial charge in [-0.15, -0.1) is 15.0 Å². The molecule has 1 N–H and O–H groups in total. The highest BCUT2D eigenvalue weighted by molar-refractivity contribution is 6.30. The Morgan fingerprint density at radius 3 is 2.13 bits per heavy atom. The molecule has 0 fully saturated rings.